The Hall–Kier alpha value is -0.530. The Morgan fingerprint density at radius 3 is 2.11 bits per heavy atom. The van der Waals surface area contributed by atoms with E-state index in [4.69, 9.17) is 0 Å². The molecule has 0 saturated heterocycles. The minimum Gasteiger partial charge on any atom is -0.357 e. The summed E-state index contributed by atoms with van der Waals surface area (Å²) in [5.74, 6) is 0.816. The monoisotopic (exact) mass is 384 g/mol. The van der Waals surface area contributed by atoms with E-state index in [2.05, 4.69) is 27.9 Å². The maximum absolute atomic E-state index is 11.8. The van der Waals surface area contributed by atoms with E-state index in [0.717, 1.165) is 25.5 Å². The summed E-state index contributed by atoms with van der Waals surface area (Å²) in [6.07, 6.45) is 1.05. The Bertz CT molecular complexity index is 280. The first-order valence-corrected chi connectivity index (χ1v) is 6.78. The third kappa shape index (κ3) is 9.07. The minimum atomic E-state index is -0.482. The number of nitrogens with one attached hydrogen (secondary N) is 3. The topological polar surface area (TPSA) is 65.5 Å². The van der Waals surface area contributed by atoms with Crippen molar-refractivity contribution in [3.8, 4) is 0 Å². The third-order valence-corrected chi connectivity index (χ3v) is 2.47. The van der Waals surface area contributed by atoms with Crippen molar-refractivity contribution < 1.29 is 4.79 Å². The second-order valence-corrected chi connectivity index (χ2v) is 4.87. The Morgan fingerprint density at radius 1 is 1.05 bits per heavy atom. The van der Waals surface area contributed by atoms with Crippen molar-refractivity contribution in [3.63, 3.8) is 0 Å². The lowest BCUT2D eigenvalue weighted by atomic mass is 9.92. The summed E-state index contributed by atoms with van der Waals surface area (Å²) in [5, 5.41) is 9.22. The lowest BCUT2D eigenvalue weighted by Gasteiger charge is -2.21. The minimum absolute atomic E-state index is 0. The van der Waals surface area contributed by atoms with Crippen molar-refractivity contribution in [2.45, 2.75) is 41.0 Å². The van der Waals surface area contributed by atoms with Gasteiger partial charge in [0.25, 0.3) is 0 Å². The Morgan fingerprint density at radius 2 is 1.63 bits per heavy atom. The van der Waals surface area contributed by atoms with E-state index in [1.807, 2.05) is 27.7 Å². The molecule has 0 aliphatic heterocycles. The Balaban J connectivity index is 0. The number of hydrogen-bond acceptors (Lipinski definition) is 2. The van der Waals surface area contributed by atoms with E-state index < -0.39 is 5.41 Å². The molecule has 0 saturated carbocycles. The van der Waals surface area contributed by atoms with Crippen LogP contribution in [-0.4, -0.2) is 38.0 Å². The molecule has 0 aromatic heterocycles. The predicted molar refractivity (Wildman–Crippen MR) is 92.2 cm³/mol. The first kappa shape index (κ1) is 20.8. The van der Waals surface area contributed by atoms with Crippen LogP contribution in [0.2, 0.25) is 0 Å². The average Bonchev–Trinajstić information content (AvgIpc) is 2.33. The van der Waals surface area contributed by atoms with Crippen LogP contribution in [-0.2, 0) is 4.79 Å². The lowest BCUT2D eigenvalue weighted by Crippen LogP contribution is -2.41. The van der Waals surface area contributed by atoms with E-state index >= 15 is 0 Å². The quantitative estimate of drug-likeness (QED) is 0.356. The number of carbonyl (C=O) groups is 1. The largest absolute Gasteiger partial charge is 0.357 e. The molecule has 5 nitrogen and oxygen atoms in total. The summed E-state index contributed by atoms with van der Waals surface area (Å²) in [4.78, 5) is 16.3. The zero-order valence-electron chi connectivity index (χ0n) is 12.8. The normalized spacial score (nSPS) is 11.5. The van der Waals surface area contributed by atoms with Gasteiger partial charge in [-0.25, -0.2) is 0 Å². The number of aliphatic imine (C=N–C) groups is 1. The molecule has 19 heavy (non-hydrogen) atoms. The highest BCUT2D eigenvalue weighted by molar-refractivity contribution is 14.0. The van der Waals surface area contributed by atoms with Gasteiger partial charge in [-0.15, -0.1) is 24.0 Å². The molecule has 0 radical (unpaired) electrons. The molecule has 0 unspecified atom stereocenters. The highest BCUT2D eigenvalue weighted by Gasteiger charge is 2.26. The number of nitrogens with zero attached hydrogens (tertiary/aromatic N) is 1. The summed E-state index contributed by atoms with van der Waals surface area (Å²) in [7, 11) is 0. The number of hydrogen-bond donors (Lipinski definition) is 3. The van der Waals surface area contributed by atoms with E-state index in [0.29, 0.717) is 13.1 Å². The zero-order valence-corrected chi connectivity index (χ0v) is 15.1. The highest BCUT2D eigenvalue weighted by Crippen LogP contribution is 2.15. The van der Waals surface area contributed by atoms with Crippen LogP contribution in [0.3, 0.4) is 0 Å². The fourth-order valence-electron chi connectivity index (χ4n) is 1.33. The zero-order chi connectivity index (χ0) is 14.0. The van der Waals surface area contributed by atoms with E-state index in [1.54, 1.807) is 0 Å². The van der Waals surface area contributed by atoms with E-state index in [9.17, 15) is 4.79 Å². The summed E-state index contributed by atoms with van der Waals surface area (Å²) < 4.78 is 0. The molecule has 0 rings (SSSR count). The summed E-state index contributed by atoms with van der Waals surface area (Å²) >= 11 is 0. The van der Waals surface area contributed by atoms with Crippen molar-refractivity contribution >= 4 is 35.8 Å². The van der Waals surface area contributed by atoms with Crippen molar-refractivity contribution in [2.24, 2.45) is 10.4 Å². The smallest absolute Gasteiger partial charge is 0.227 e. The van der Waals surface area contributed by atoms with Crippen molar-refractivity contribution in [3.05, 3.63) is 0 Å². The molecule has 0 aromatic rings. The van der Waals surface area contributed by atoms with Gasteiger partial charge < -0.3 is 16.0 Å². The standard InChI is InChI=1S/C13H28N4O.HI/c1-6-9-16-12(15-8-3)17-10-13(4,5)11(18)14-7-2;/h6-10H2,1-5H3,(H,14,18)(H2,15,16,17);1H. The predicted octanol–water partition coefficient (Wildman–Crippen LogP) is 1.73. The van der Waals surface area contributed by atoms with Crippen molar-refractivity contribution in [2.75, 3.05) is 26.2 Å². The number of halogens is 1. The molecule has 114 valence electrons. The molecule has 1 amide bonds. The van der Waals surface area contributed by atoms with Crippen LogP contribution in [0.1, 0.15) is 41.0 Å². The van der Waals surface area contributed by atoms with E-state index in [-0.39, 0.29) is 29.9 Å². The van der Waals surface area contributed by atoms with Gasteiger partial charge in [0.15, 0.2) is 5.96 Å². The molecular formula is C13H29IN4O. The highest BCUT2D eigenvalue weighted by atomic mass is 127. The number of guanidine groups is 1. The molecule has 3 N–H and O–H groups in total. The Kier molecular flexibility index (Phi) is 12.4. The van der Waals surface area contributed by atoms with Gasteiger partial charge in [0.05, 0.1) is 12.0 Å². The summed E-state index contributed by atoms with van der Waals surface area (Å²) in [6.45, 7) is 12.7. The third-order valence-electron chi connectivity index (χ3n) is 2.47. The van der Waals surface area contributed by atoms with Gasteiger partial charge in [-0.05, 0) is 34.1 Å². The van der Waals surface area contributed by atoms with Gasteiger partial charge in [0.2, 0.25) is 5.91 Å². The fourth-order valence-corrected chi connectivity index (χ4v) is 1.33. The number of amides is 1. The molecule has 6 heteroatoms. The Labute approximate surface area is 134 Å². The first-order valence-electron chi connectivity index (χ1n) is 6.78. The molecule has 0 aromatic carbocycles. The van der Waals surface area contributed by atoms with Gasteiger partial charge in [-0.1, -0.05) is 6.92 Å². The first-order chi connectivity index (χ1) is 8.47. The maximum Gasteiger partial charge on any atom is 0.227 e. The van der Waals surface area contributed by atoms with Gasteiger partial charge >= 0.3 is 0 Å². The second-order valence-electron chi connectivity index (χ2n) is 4.87. The van der Waals surface area contributed by atoms with Crippen LogP contribution in [0.25, 0.3) is 0 Å². The molecule has 0 aliphatic rings. The SMILES string of the molecule is CCCNC(=NCC(C)(C)C(=O)NCC)NCC.I. The van der Waals surface area contributed by atoms with Gasteiger partial charge in [-0.2, -0.15) is 0 Å². The molecule has 0 heterocycles. The second kappa shape index (κ2) is 11.3. The van der Waals surface area contributed by atoms with Crippen LogP contribution in [0.15, 0.2) is 4.99 Å². The van der Waals surface area contributed by atoms with Crippen LogP contribution in [0.4, 0.5) is 0 Å². The fraction of sp³-hybridized carbons (Fsp3) is 0.846. The molecule has 0 spiro atoms. The summed E-state index contributed by atoms with van der Waals surface area (Å²) in [6, 6.07) is 0. The van der Waals surface area contributed by atoms with Crippen molar-refractivity contribution in [1.29, 1.82) is 0 Å². The van der Waals surface area contributed by atoms with Crippen LogP contribution < -0.4 is 16.0 Å². The average molecular weight is 384 g/mol. The van der Waals surface area contributed by atoms with Crippen LogP contribution in [0.5, 0.6) is 0 Å². The van der Waals surface area contributed by atoms with Gasteiger partial charge in [-0.3, -0.25) is 9.79 Å². The number of carbonyl (C=O) groups excluding carboxylic acids is 1. The lowest BCUT2D eigenvalue weighted by molar-refractivity contribution is -0.128. The molecular weight excluding hydrogens is 355 g/mol. The molecule has 0 atom stereocenters. The van der Waals surface area contributed by atoms with Gasteiger partial charge in [0.1, 0.15) is 0 Å². The van der Waals surface area contributed by atoms with E-state index in [1.165, 1.54) is 0 Å². The molecule has 0 fully saturated rings. The number of rotatable bonds is 7. The molecule has 0 aliphatic carbocycles. The van der Waals surface area contributed by atoms with Gasteiger partial charge in [0, 0.05) is 19.6 Å². The summed E-state index contributed by atoms with van der Waals surface area (Å²) in [5.41, 5.74) is -0.482. The van der Waals surface area contributed by atoms with Crippen LogP contribution in [0, 0.1) is 5.41 Å². The van der Waals surface area contributed by atoms with Crippen LogP contribution >= 0.6 is 24.0 Å². The van der Waals surface area contributed by atoms with Crippen molar-refractivity contribution in [1.82, 2.24) is 16.0 Å². The maximum atomic E-state index is 11.8. The molecule has 0 bridgehead atoms.